The Hall–Kier alpha value is -2.28. The molecule has 0 fully saturated rings. The topological polar surface area (TPSA) is 55.0 Å². The van der Waals surface area contributed by atoms with E-state index in [1.165, 1.54) is 4.57 Å². The molecule has 2 rings (SSSR count). The van der Waals surface area contributed by atoms with Crippen molar-refractivity contribution in [1.82, 2.24) is 4.57 Å². The molecule has 0 saturated heterocycles. The van der Waals surface area contributed by atoms with Crippen molar-refractivity contribution >= 4 is 10.9 Å². The van der Waals surface area contributed by atoms with Gasteiger partial charge in [-0.2, -0.15) is 5.26 Å². The van der Waals surface area contributed by atoms with E-state index in [2.05, 4.69) is 0 Å². The summed E-state index contributed by atoms with van der Waals surface area (Å²) < 4.78 is 6.64. The van der Waals surface area contributed by atoms with Crippen LogP contribution in [0.15, 0.2) is 23.0 Å². The predicted octanol–water partition coefficient (Wildman–Crippen LogP) is 1.73. The van der Waals surface area contributed by atoms with Gasteiger partial charge in [0.1, 0.15) is 17.4 Å². The Morgan fingerprint density at radius 2 is 2.12 bits per heavy atom. The number of hydrogen-bond acceptors (Lipinski definition) is 3. The number of pyridine rings is 1. The molecule has 2 aromatic rings. The van der Waals surface area contributed by atoms with Crippen LogP contribution in [0.4, 0.5) is 0 Å². The lowest BCUT2D eigenvalue weighted by molar-refractivity contribution is 0.415. The normalized spacial score (nSPS) is 10.2. The van der Waals surface area contributed by atoms with Gasteiger partial charge in [-0.3, -0.25) is 4.79 Å². The second kappa shape index (κ2) is 3.95. The molecule has 0 aliphatic rings. The van der Waals surface area contributed by atoms with Crippen LogP contribution in [0.5, 0.6) is 5.75 Å². The summed E-state index contributed by atoms with van der Waals surface area (Å²) in [6.45, 7) is 1.78. The average molecular weight is 228 g/mol. The molecule has 0 radical (unpaired) electrons. The molecule has 1 aromatic carbocycles. The zero-order chi connectivity index (χ0) is 12.6. The fraction of sp³-hybridized carbons (Fsp3) is 0.231. The highest BCUT2D eigenvalue weighted by atomic mass is 16.5. The quantitative estimate of drug-likeness (QED) is 0.746. The molecule has 0 N–H and O–H groups in total. The number of rotatable bonds is 1. The summed E-state index contributed by atoms with van der Waals surface area (Å²) in [4.78, 5) is 11.9. The van der Waals surface area contributed by atoms with Crippen molar-refractivity contribution in [2.24, 2.45) is 7.05 Å². The second-order valence-electron chi connectivity index (χ2n) is 3.86. The molecule has 0 aliphatic carbocycles. The smallest absolute Gasteiger partial charge is 0.268 e. The van der Waals surface area contributed by atoms with Gasteiger partial charge in [0, 0.05) is 12.4 Å². The molecule has 0 saturated carbocycles. The Bertz CT molecular complexity index is 693. The highest BCUT2D eigenvalue weighted by Crippen LogP contribution is 2.23. The zero-order valence-electron chi connectivity index (χ0n) is 9.94. The minimum atomic E-state index is -0.261. The van der Waals surface area contributed by atoms with Crippen molar-refractivity contribution in [2.75, 3.05) is 7.11 Å². The van der Waals surface area contributed by atoms with E-state index >= 15 is 0 Å². The van der Waals surface area contributed by atoms with Gasteiger partial charge in [-0.1, -0.05) is 0 Å². The third-order valence-corrected chi connectivity index (χ3v) is 2.97. The molecule has 1 heterocycles. The highest BCUT2D eigenvalue weighted by molar-refractivity contribution is 5.85. The van der Waals surface area contributed by atoms with E-state index in [0.29, 0.717) is 11.3 Å². The molecule has 0 unspecified atom stereocenters. The van der Waals surface area contributed by atoms with Gasteiger partial charge >= 0.3 is 0 Å². The first-order chi connectivity index (χ1) is 8.10. The van der Waals surface area contributed by atoms with E-state index < -0.39 is 0 Å². The first kappa shape index (κ1) is 11.2. The Balaban J connectivity index is 3.00. The third-order valence-electron chi connectivity index (χ3n) is 2.97. The van der Waals surface area contributed by atoms with E-state index in [4.69, 9.17) is 10.00 Å². The van der Waals surface area contributed by atoms with Crippen LogP contribution in [-0.4, -0.2) is 11.7 Å². The van der Waals surface area contributed by atoms with Crippen LogP contribution in [0.3, 0.4) is 0 Å². The Morgan fingerprint density at radius 3 is 2.71 bits per heavy atom. The number of fused-ring (bicyclic) bond motifs is 1. The van der Waals surface area contributed by atoms with Crippen LogP contribution >= 0.6 is 0 Å². The average Bonchev–Trinajstić information content (AvgIpc) is 2.36. The summed E-state index contributed by atoms with van der Waals surface area (Å²) in [5.41, 5.74) is 1.42. The van der Waals surface area contributed by atoms with Gasteiger partial charge < -0.3 is 9.30 Å². The molecule has 0 spiro atoms. The molecule has 0 bridgehead atoms. The van der Waals surface area contributed by atoms with Crippen molar-refractivity contribution in [3.63, 3.8) is 0 Å². The van der Waals surface area contributed by atoms with Crippen LogP contribution in [-0.2, 0) is 7.05 Å². The Kier molecular flexibility index (Phi) is 2.60. The number of nitrogens with zero attached hydrogens (tertiary/aromatic N) is 2. The lowest BCUT2D eigenvalue weighted by atomic mass is 10.0. The van der Waals surface area contributed by atoms with Crippen LogP contribution in [0.1, 0.15) is 11.1 Å². The van der Waals surface area contributed by atoms with Gasteiger partial charge in [-0.05, 0) is 30.7 Å². The van der Waals surface area contributed by atoms with Crippen molar-refractivity contribution in [3.05, 3.63) is 39.7 Å². The minimum absolute atomic E-state index is 0.188. The summed E-state index contributed by atoms with van der Waals surface area (Å²) in [7, 11) is 3.25. The first-order valence-corrected chi connectivity index (χ1v) is 5.17. The molecule has 0 amide bonds. The largest absolute Gasteiger partial charge is 0.497 e. The number of hydrogen-bond donors (Lipinski definition) is 0. The van der Waals surface area contributed by atoms with Gasteiger partial charge in [0.05, 0.1) is 12.6 Å². The van der Waals surface area contributed by atoms with Gasteiger partial charge in [0.15, 0.2) is 0 Å². The van der Waals surface area contributed by atoms with Gasteiger partial charge in [-0.15, -0.1) is 0 Å². The van der Waals surface area contributed by atoms with Crippen LogP contribution in [0.2, 0.25) is 0 Å². The summed E-state index contributed by atoms with van der Waals surface area (Å²) in [5, 5.41) is 9.88. The van der Waals surface area contributed by atoms with Crippen LogP contribution < -0.4 is 10.3 Å². The Labute approximate surface area is 98.7 Å². The minimum Gasteiger partial charge on any atom is -0.497 e. The Morgan fingerprint density at radius 1 is 1.41 bits per heavy atom. The molecule has 4 heteroatoms. The summed E-state index contributed by atoms with van der Waals surface area (Å²) in [6.07, 6.45) is 0. The first-order valence-electron chi connectivity index (χ1n) is 5.17. The number of aromatic nitrogens is 1. The predicted molar refractivity (Wildman–Crippen MR) is 65.2 cm³/mol. The van der Waals surface area contributed by atoms with Crippen molar-refractivity contribution in [2.45, 2.75) is 6.92 Å². The fourth-order valence-corrected chi connectivity index (χ4v) is 1.94. The molecular formula is C13H12N2O2. The molecule has 0 aliphatic heterocycles. The van der Waals surface area contributed by atoms with E-state index in [1.54, 1.807) is 27.1 Å². The van der Waals surface area contributed by atoms with Crippen LogP contribution in [0.25, 0.3) is 10.9 Å². The number of benzene rings is 1. The highest BCUT2D eigenvalue weighted by Gasteiger charge is 2.11. The van der Waals surface area contributed by atoms with Crippen molar-refractivity contribution in [1.29, 1.82) is 5.26 Å². The lowest BCUT2D eigenvalue weighted by Crippen LogP contribution is -2.21. The van der Waals surface area contributed by atoms with E-state index in [9.17, 15) is 4.79 Å². The number of methoxy groups -OCH3 is 1. The lowest BCUT2D eigenvalue weighted by Gasteiger charge is -2.10. The summed E-state index contributed by atoms with van der Waals surface area (Å²) in [5.74, 6) is 0.711. The standard InChI is InChI=1S/C13H12N2O2/c1-8-10-6-9(17-3)4-5-12(10)15(2)13(16)11(8)7-14/h4-6H,1-3H3. The molecule has 17 heavy (non-hydrogen) atoms. The third kappa shape index (κ3) is 1.56. The van der Waals surface area contributed by atoms with Crippen molar-refractivity contribution in [3.8, 4) is 11.8 Å². The maximum Gasteiger partial charge on any atom is 0.268 e. The number of nitriles is 1. The van der Waals surface area contributed by atoms with E-state index in [0.717, 1.165) is 10.9 Å². The summed E-state index contributed by atoms with van der Waals surface area (Å²) >= 11 is 0. The molecule has 86 valence electrons. The van der Waals surface area contributed by atoms with E-state index in [1.807, 2.05) is 18.2 Å². The van der Waals surface area contributed by atoms with Crippen molar-refractivity contribution < 1.29 is 4.74 Å². The monoisotopic (exact) mass is 228 g/mol. The number of aryl methyl sites for hydroxylation is 2. The maximum absolute atomic E-state index is 11.9. The van der Waals surface area contributed by atoms with Gasteiger partial charge in [0.2, 0.25) is 0 Å². The molecule has 0 atom stereocenters. The molecule has 4 nitrogen and oxygen atoms in total. The summed E-state index contributed by atoms with van der Waals surface area (Å²) in [6, 6.07) is 7.42. The fourth-order valence-electron chi connectivity index (χ4n) is 1.94. The van der Waals surface area contributed by atoms with E-state index in [-0.39, 0.29) is 11.1 Å². The molecular weight excluding hydrogens is 216 g/mol. The van der Waals surface area contributed by atoms with Gasteiger partial charge in [-0.25, -0.2) is 0 Å². The molecule has 1 aromatic heterocycles. The zero-order valence-corrected chi connectivity index (χ0v) is 9.94. The maximum atomic E-state index is 11.9. The van der Waals surface area contributed by atoms with Crippen LogP contribution in [0, 0.1) is 18.3 Å². The SMILES string of the molecule is COc1ccc2c(c1)c(C)c(C#N)c(=O)n2C. The second-order valence-corrected chi connectivity index (χ2v) is 3.86. The number of ether oxygens (including phenoxy) is 1. The van der Waals surface area contributed by atoms with Gasteiger partial charge in [0.25, 0.3) is 5.56 Å².